The molecule has 8 heterocycles. The predicted molar refractivity (Wildman–Crippen MR) is 390 cm³/mol. The molecule has 3 unspecified atom stereocenters. The van der Waals surface area contributed by atoms with E-state index in [0.29, 0.717) is 35.3 Å². The minimum absolute atomic E-state index is 0.0228. The Labute approximate surface area is 638 Å². The van der Waals surface area contributed by atoms with Crippen molar-refractivity contribution >= 4 is 91.4 Å². The molecular weight excluding hydrogens is 1580 g/mol. The molecular formula is C64H89N8O32P3S3. The van der Waals surface area contributed by atoms with Crippen molar-refractivity contribution in [2.45, 2.75) is 189 Å². The van der Waals surface area contributed by atoms with Gasteiger partial charge in [-0.2, -0.15) is 0 Å². The highest BCUT2D eigenvalue weighted by atomic mass is 32.2. The number of hydrogen-bond acceptors (Lipinski definition) is 35. The topological polar surface area (TPSA) is 534 Å². The van der Waals surface area contributed by atoms with E-state index in [4.69, 9.17) is 59.7 Å². The van der Waals surface area contributed by atoms with Crippen LogP contribution in [0, 0.1) is 43.9 Å². The van der Waals surface area contributed by atoms with E-state index in [9.17, 15) is 77.3 Å². The van der Waals surface area contributed by atoms with Crippen LogP contribution < -0.4 is 45.0 Å². The number of phosphoric ester groups is 3. The van der Waals surface area contributed by atoms with E-state index >= 15 is 13.7 Å². The number of aryl methyl sites for hydroxylation is 4. The van der Waals surface area contributed by atoms with E-state index in [0.717, 1.165) is 30.7 Å². The van der Waals surface area contributed by atoms with Crippen LogP contribution in [-0.4, -0.2) is 193 Å². The molecule has 0 radical (unpaired) electrons. The van der Waals surface area contributed by atoms with Gasteiger partial charge in [0.15, 0.2) is 32.7 Å². The van der Waals surface area contributed by atoms with Crippen LogP contribution in [0.2, 0.25) is 0 Å². The lowest BCUT2D eigenvalue weighted by molar-refractivity contribution is -0.127. The summed E-state index contributed by atoms with van der Waals surface area (Å²) in [5.74, 6) is -2.91. The van der Waals surface area contributed by atoms with Crippen molar-refractivity contribution in [2.75, 3.05) is 63.5 Å². The number of hydrogen-bond donors (Lipinski definition) is 6. The average molecular weight is 1670 g/mol. The molecule has 0 aliphatic carbocycles. The third kappa shape index (κ3) is 23.3. The number of H-pyrrole nitrogens is 4. The van der Waals surface area contributed by atoms with Crippen LogP contribution in [0.5, 0.6) is 0 Å². The van der Waals surface area contributed by atoms with Crippen molar-refractivity contribution in [1.82, 2.24) is 38.2 Å². The van der Waals surface area contributed by atoms with Gasteiger partial charge in [-0.1, -0.05) is 76.8 Å². The zero-order valence-electron chi connectivity index (χ0n) is 62.1. The maximum atomic E-state index is 16.1. The molecule has 4 saturated heterocycles. The Kier molecular flexibility index (Phi) is 30.1. The van der Waals surface area contributed by atoms with Crippen molar-refractivity contribution in [3.05, 3.63) is 130 Å². The molecule has 0 amide bonds. The van der Waals surface area contributed by atoms with Gasteiger partial charge in [0.25, 0.3) is 22.2 Å². The zero-order chi connectivity index (χ0) is 81.5. The molecule has 0 spiro atoms. The van der Waals surface area contributed by atoms with Gasteiger partial charge in [-0.05, 0) is 27.7 Å². The van der Waals surface area contributed by atoms with E-state index in [2.05, 4.69) is 19.9 Å². The van der Waals surface area contributed by atoms with Crippen LogP contribution in [0.25, 0.3) is 0 Å². The minimum Gasteiger partial charge on any atom is -0.394 e. The molecule has 610 valence electrons. The minimum atomic E-state index is -5.55. The Bertz CT molecular complexity index is 4780. The summed E-state index contributed by atoms with van der Waals surface area (Å²) in [6.45, 7) is 11.2. The number of rotatable bonds is 38. The molecule has 6 N–H and O–H groups in total. The van der Waals surface area contributed by atoms with Crippen LogP contribution in [-0.2, 0) is 102 Å². The standard InChI is InChI=1S/C64H89N8O32P3S3/c1-32-18-69(58(85)65-54(32)81)50-14-39(77)44(99-50)23-92-105(89,95-29-62(8,9)47(78)26-108-36(5)74)103-41-16-52(71-20-34(3)56(83)67-60(71)87)101-46(41)25-94-107(91,97-31-64(12,13)49(80)28-110-38(7)76)104-42-17-53(72-21-35(4)57(84)68-61(72)88)100-45(42)24-93-106(90,96-30-63(10,11)48(79)27-109-37(6)75)102-40-15-51(98-43(40)22-73)70-19-33(2)55(82)66-59(70)86/h18-21,39-46,50-53,73,77H,14-17,22-31H2,1-13H3,(H,65,81,85)(H,66,82,86)(H,67,83,87)(H,68,84,88)/t39-,40-,41-,42-,43+,44+,45+,46+,50+,51+,52+,53+,105?,106?,107?/m0/s1. The Morgan fingerprint density at radius 3 is 0.945 bits per heavy atom. The number of phosphoric acid groups is 3. The largest absolute Gasteiger partial charge is 0.475 e. The van der Waals surface area contributed by atoms with Gasteiger partial charge in [0, 0.05) is 110 Å². The zero-order valence-corrected chi connectivity index (χ0v) is 67.3. The highest BCUT2D eigenvalue weighted by Gasteiger charge is 2.52. The molecule has 4 fully saturated rings. The molecule has 4 aromatic heterocycles. The highest BCUT2D eigenvalue weighted by molar-refractivity contribution is 8.14. The first kappa shape index (κ1) is 89.4. The van der Waals surface area contributed by atoms with Crippen LogP contribution in [0.15, 0.2) is 63.1 Å². The monoisotopic (exact) mass is 1670 g/mol. The average Bonchev–Trinajstić information content (AvgIpc) is 1.64. The summed E-state index contributed by atoms with van der Waals surface area (Å²) in [5, 5.41) is 20.7. The molecule has 4 aliphatic rings. The summed E-state index contributed by atoms with van der Waals surface area (Å²) in [7, 11) is -16.2. The number of aliphatic hydroxyl groups excluding tert-OH is 2. The van der Waals surface area contributed by atoms with E-state index < -0.39 is 256 Å². The van der Waals surface area contributed by atoms with Crippen LogP contribution in [0.4, 0.5) is 0 Å². The number of carbonyl (C=O) groups excluding carboxylic acids is 6. The summed E-state index contributed by atoms with van der Waals surface area (Å²) in [6, 6.07) is 0. The highest BCUT2D eigenvalue weighted by Crippen LogP contribution is 2.59. The predicted octanol–water partition coefficient (Wildman–Crippen LogP) is 3.13. The number of Topliss-reactive ketones (excluding diaryl/α,β-unsaturated/α-hetero) is 3. The van der Waals surface area contributed by atoms with Gasteiger partial charge < -0.3 is 29.2 Å². The van der Waals surface area contributed by atoms with Crippen molar-refractivity contribution < 1.29 is 112 Å². The van der Waals surface area contributed by atoms with Crippen molar-refractivity contribution in [3.63, 3.8) is 0 Å². The number of ether oxygens (including phenoxy) is 4. The second-order valence-electron chi connectivity index (χ2n) is 28.4. The van der Waals surface area contributed by atoms with Gasteiger partial charge in [-0.25, -0.2) is 32.9 Å². The lowest BCUT2D eigenvalue weighted by atomic mass is 9.90. The Balaban J connectivity index is 1.18. The molecule has 15 atom stereocenters. The second kappa shape index (κ2) is 37.0. The third-order valence-electron chi connectivity index (χ3n) is 18.0. The van der Waals surface area contributed by atoms with Crippen LogP contribution in [0.3, 0.4) is 0 Å². The van der Waals surface area contributed by atoms with Gasteiger partial charge in [0.05, 0.1) is 69.6 Å². The molecule has 46 heteroatoms. The number of thioether (sulfide) groups is 3. The number of aliphatic hydroxyl groups is 2. The molecule has 4 aliphatic heterocycles. The number of carbonyl (C=O) groups is 6. The Morgan fingerprint density at radius 2 is 0.673 bits per heavy atom. The molecule has 8 rings (SSSR count). The van der Waals surface area contributed by atoms with Gasteiger partial charge in [-0.15, -0.1) is 0 Å². The SMILES string of the molecule is CC(=O)SCC(=O)C(C)(C)COP(=O)(OC[C@H]1O[C@@H](n2cc(C)c(=O)[nH]c2=O)C[C@@H]1OP(=O)(OC[C@H]1O[C@@H](n2cc(C)c(=O)[nH]c2=O)C[C@@H]1OP(=O)(OC[C@H]1O[C@@H](n2cc(C)c(=O)[nH]c2=O)C[C@@H]1O)OCC(C)(C)C(=O)CSC(C)=O)OCC(C)(C)C(=O)CSC(C)=O)O[C@H]1C[C@H](n2cc(C)c(=O)[nH]c2=O)O[C@@H]1CO. The summed E-state index contributed by atoms with van der Waals surface area (Å²) in [4.78, 5) is 189. The Morgan fingerprint density at radius 1 is 0.427 bits per heavy atom. The van der Waals surface area contributed by atoms with Gasteiger partial charge in [-0.3, -0.25) is 127 Å². The lowest BCUT2D eigenvalue weighted by Crippen LogP contribution is -2.35. The number of aromatic nitrogens is 8. The van der Waals surface area contributed by atoms with E-state index in [1.807, 2.05) is 0 Å². The van der Waals surface area contributed by atoms with Gasteiger partial charge >= 0.3 is 46.2 Å². The Hall–Kier alpha value is -6.12. The van der Waals surface area contributed by atoms with Crippen molar-refractivity contribution in [1.29, 1.82) is 0 Å². The molecule has 0 saturated carbocycles. The van der Waals surface area contributed by atoms with Crippen molar-refractivity contribution in [2.24, 2.45) is 16.2 Å². The molecule has 40 nitrogen and oxygen atoms in total. The van der Waals surface area contributed by atoms with Gasteiger partial charge in [0.2, 0.25) is 0 Å². The molecule has 110 heavy (non-hydrogen) atoms. The van der Waals surface area contributed by atoms with Crippen LogP contribution >= 0.6 is 58.8 Å². The summed E-state index contributed by atoms with van der Waals surface area (Å²) in [5.41, 5.74) is -11.6. The normalized spacial score (nSPS) is 24.8. The van der Waals surface area contributed by atoms with Crippen LogP contribution in [0.1, 0.15) is 135 Å². The number of aromatic amines is 4. The van der Waals surface area contributed by atoms with E-state index in [1.165, 1.54) is 102 Å². The second-order valence-corrected chi connectivity index (χ2v) is 36.7. The van der Waals surface area contributed by atoms with Gasteiger partial charge in [0.1, 0.15) is 67.6 Å². The fraction of sp³-hybridized carbons (Fsp3) is 0.656. The fourth-order valence-corrected chi connectivity index (χ4v) is 17.8. The molecule has 0 bridgehead atoms. The maximum Gasteiger partial charge on any atom is 0.475 e. The number of nitrogens with zero attached hydrogens (tertiary/aromatic N) is 4. The smallest absolute Gasteiger partial charge is 0.394 e. The summed E-state index contributed by atoms with van der Waals surface area (Å²) >= 11 is 2.00. The number of ketones is 3. The van der Waals surface area contributed by atoms with E-state index in [1.54, 1.807) is 0 Å². The van der Waals surface area contributed by atoms with E-state index in [-0.39, 0.29) is 46.6 Å². The lowest BCUT2D eigenvalue weighted by Gasteiger charge is -2.31. The molecule has 4 aromatic rings. The van der Waals surface area contributed by atoms with Crippen molar-refractivity contribution in [3.8, 4) is 0 Å². The summed E-state index contributed by atoms with van der Waals surface area (Å²) in [6.07, 6.45) is -15.8. The number of nitrogens with one attached hydrogen (secondary N) is 4. The third-order valence-corrected chi connectivity index (χ3v) is 24.7. The quantitative estimate of drug-likeness (QED) is 0.0351. The maximum absolute atomic E-state index is 16.1. The first-order valence-electron chi connectivity index (χ1n) is 34.1. The summed E-state index contributed by atoms with van der Waals surface area (Å²) < 4.78 is 131. The first-order chi connectivity index (χ1) is 51.2. The first-order valence-corrected chi connectivity index (χ1v) is 41.5. The molecule has 0 aromatic carbocycles. The fourth-order valence-electron chi connectivity index (χ4n) is 11.0.